The van der Waals surface area contributed by atoms with E-state index in [1.54, 1.807) is 0 Å². The van der Waals surface area contributed by atoms with Gasteiger partial charge in [-0.25, -0.2) is 0 Å². The van der Waals surface area contributed by atoms with Gasteiger partial charge in [-0.2, -0.15) is 26.3 Å². The lowest BCUT2D eigenvalue weighted by Crippen LogP contribution is -2.12. The largest absolute Gasteiger partial charge is 0.416 e. The van der Waals surface area contributed by atoms with Crippen molar-refractivity contribution in [3.05, 3.63) is 34.9 Å². The average Bonchev–Trinajstić information content (AvgIpc) is 2.14. The minimum absolute atomic E-state index is 0. The van der Waals surface area contributed by atoms with Crippen LogP contribution in [0.3, 0.4) is 0 Å². The van der Waals surface area contributed by atoms with Gasteiger partial charge in [0.25, 0.3) is 0 Å². The SMILES string of the molecule is C.Cl.NCc1cc(C(F)(F)F)cc(C(F)(F)F)c1. The van der Waals surface area contributed by atoms with Gasteiger partial charge in [-0.3, -0.25) is 0 Å². The number of alkyl halides is 6. The van der Waals surface area contributed by atoms with Crippen LogP contribution in [0, 0.1) is 0 Å². The molecular formula is C10H12ClF6N. The van der Waals surface area contributed by atoms with Gasteiger partial charge in [0.2, 0.25) is 0 Å². The molecule has 1 aromatic rings. The van der Waals surface area contributed by atoms with E-state index in [-0.39, 0.29) is 38.0 Å². The predicted molar refractivity (Wildman–Crippen MR) is 58.3 cm³/mol. The zero-order valence-electron chi connectivity index (χ0n) is 8.19. The van der Waals surface area contributed by atoms with E-state index in [0.29, 0.717) is 12.1 Å². The summed E-state index contributed by atoms with van der Waals surface area (Å²) in [7, 11) is 0. The first-order valence-electron chi connectivity index (χ1n) is 4.13. The molecule has 0 fully saturated rings. The number of nitrogens with two attached hydrogens (primary N) is 1. The Morgan fingerprint density at radius 2 is 1.17 bits per heavy atom. The van der Waals surface area contributed by atoms with Crippen molar-refractivity contribution in [2.45, 2.75) is 26.3 Å². The smallest absolute Gasteiger partial charge is 0.326 e. The molecule has 0 aliphatic rings. The monoisotopic (exact) mass is 295 g/mol. The van der Waals surface area contributed by atoms with Crippen molar-refractivity contribution in [2.75, 3.05) is 0 Å². The minimum Gasteiger partial charge on any atom is -0.326 e. The van der Waals surface area contributed by atoms with Crippen molar-refractivity contribution >= 4 is 12.4 Å². The van der Waals surface area contributed by atoms with Crippen LogP contribution in [-0.2, 0) is 18.9 Å². The third kappa shape index (κ3) is 4.73. The quantitative estimate of drug-likeness (QED) is 0.771. The Kier molecular flexibility index (Phi) is 6.77. The standard InChI is InChI=1S/C9H7F6N.CH4.ClH/c10-8(11,12)6-1-5(4-16)2-7(3-6)9(13,14)15;;/h1-3H,4,16H2;1H4;1H. The van der Waals surface area contributed by atoms with E-state index in [1.165, 1.54) is 0 Å². The molecule has 1 nitrogen and oxygen atoms in total. The van der Waals surface area contributed by atoms with Gasteiger partial charge in [0.05, 0.1) is 11.1 Å². The lowest BCUT2D eigenvalue weighted by molar-refractivity contribution is -0.143. The summed E-state index contributed by atoms with van der Waals surface area (Å²) in [5, 5.41) is 0. The van der Waals surface area contributed by atoms with Crippen LogP contribution < -0.4 is 5.73 Å². The van der Waals surface area contributed by atoms with Crippen molar-refractivity contribution in [1.82, 2.24) is 0 Å². The Balaban J connectivity index is 0. The molecule has 2 N–H and O–H groups in total. The highest BCUT2D eigenvalue weighted by molar-refractivity contribution is 5.85. The van der Waals surface area contributed by atoms with Crippen LogP contribution in [0.15, 0.2) is 18.2 Å². The van der Waals surface area contributed by atoms with Crippen molar-refractivity contribution in [3.63, 3.8) is 0 Å². The van der Waals surface area contributed by atoms with Crippen LogP contribution in [0.2, 0.25) is 0 Å². The first-order valence-corrected chi connectivity index (χ1v) is 4.13. The molecule has 0 unspecified atom stereocenters. The third-order valence-corrected chi connectivity index (χ3v) is 1.88. The fourth-order valence-corrected chi connectivity index (χ4v) is 1.14. The maximum Gasteiger partial charge on any atom is 0.416 e. The lowest BCUT2D eigenvalue weighted by Gasteiger charge is -2.13. The molecule has 1 rings (SSSR count). The summed E-state index contributed by atoms with van der Waals surface area (Å²) >= 11 is 0. The second-order valence-corrected chi connectivity index (χ2v) is 3.12. The second kappa shape index (κ2) is 6.29. The molecule has 0 aromatic heterocycles. The summed E-state index contributed by atoms with van der Waals surface area (Å²) < 4.78 is 73.6. The number of hydrogen-bond acceptors (Lipinski definition) is 1. The molecule has 8 heteroatoms. The molecule has 0 atom stereocenters. The minimum atomic E-state index is -4.81. The van der Waals surface area contributed by atoms with E-state index in [9.17, 15) is 26.3 Å². The van der Waals surface area contributed by atoms with Crippen LogP contribution in [0.25, 0.3) is 0 Å². The van der Waals surface area contributed by atoms with Crippen LogP contribution >= 0.6 is 12.4 Å². The van der Waals surface area contributed by atoms with Crippen molar-refractivity contribution in [2.24, 2.45) is 5.73 Å². The van der Waals surface area contributed by atoms with Gasteiger partial charge in [0, 0.05) is 6.54 Å². The molecule has 0 heterocycles. The van der Waals surface area contributed by atoms with Crippen LogP contribution in [-0.4, -0.2) is 0 Å². The van der Waals surface area contributed by atoms with E-state index in [2.05, 4.69) is 0 Å². The average molecular weight is 296 g/mol. The topological polar surface area (TPSA) is 26.0 Å². The number of rotatable bonds is 1. The Hall–Kier alpha value is -0.950. The molecule has 18 heavy (non-hydrogen) atoms. The van der Waals surface area contributed by atoms with E-state index < -0.39 is 23.5 Å². The van der Waals surface area contributed by atoms with Crippen molar-refractivity contribution in [3.8, 4) is 0 Å². The second-order valence-electron chi connectivity index (χ2n) is 3.12. The summed E-state index contributed by atoms with van der Waals surface area (Å²) in [4.78, 5) is 0. The molecule has 0 aliphatic heterocycles. The van der Waals surface area contributed by atoms with E-state index in [4.69, 9.17) is 5.73 Å². The van der Waals surface area contributed by atoms with Crippen molar-refractivity contribution < 1.29 is 26.3 Å². The molecule has 0 aliphatic carbocycles. The predicted octanol–water partition coefficient (Wildman–Crippen LogP) is 4.24. The third-order valence-electron chi connectivity index (χ3n) is 1.88. The van der Waals surface area contributed by atoms with E-state index >= 15 is 0 Å². The number of hydrogen-bond donors (Lipinski definition) is 1. The van der Waals surface area contributed by atoms with Crippen molar-refractivity contribution in [1.29, 1.82) is 0 Å². The van der Waals surface area contributed by atoms with Crippen LogP contribution in [0.4, 0.5) is 26.3 Å². The molecule has 0 saturated carbocycles. The van der Waals surface area contributed by atoms with Gasteiger partial charge in [-0.05, 0) is 23.8 Å². The maximum atomic E-state index is 12.3. The Labute approximate surface area is 106 Å². The molecule has 0 saturated heterocycles. The Morgan fingerprint density at radius 1 is 0.833 bits per heavy atom. The fourth-order valence-electron chi connectivity index (χ4n) is 1.14. The van der Waals surface area contributed by atoms with E-state index in [1.807, 2.05) is 0 Å². The highest BCUT2D eigenvalue weighted by atomic mass is 35.5. The Morgan fingerprint density at radius 3 is 1.39 bits per heavy atom. The molecule has 0 amide bonds. The van der Waals surface area contributed by atoms with Gasteiger partial charge in [0.15, 0.2) is 0 Å². The molecule has 106 valence electrons. The highest BCUT2D eigenvalue weighted by Crippen LogP contribution is 2.36. The summed E-state index contributed by atoms with van der Waals surface area (Å²) in [5.74, 6) is 0. The van der Waals surface area contributed by atoms with E-state index in [0.717, 1.165) is 0 Å². The summed E-state index contributed by atoms with van der Waals surface area (Å²) in [6.45, 7) is -0.382. The van der Waals surface area contributed by atoms with Crippen LogP contribution in [0.1, 0.15) is 24.1 Å². The fraction of sp³-hybridized carbons (Fsp3) is 0.400. The van der Waals surface area contributed by atoms with Gasteiger partial charge < -0.3 is 5.73 Å². The normalized spacial score (nSPS) is 11.5. The van der Waals surface area contributed by atoms with Gasteiger partial charge >= 0.3 is 12.4 Å². The summed E-state index contributed by atoms with van der Waals surface area (Å²) in [5.41, 5.74) is 2.14. The van der Waals surface area contributed by atoms with Gasteiger partial charge in [0.1, 0.15) is 0 Å². The number of halogens is 7. The number of benzene rings is 1. The Bertz CT molecular complexity index is 353. The highest BCUT2D eigenvalue weighted by Gasteiger charge is 2.36. The van der Waals surface area contributed by atoms with Crippen LogP contribution in [0.5, 0.6) is 0 Å². The molecule has 0 radical (unpaired) electrons. The summed E-state index contributed by atoms with van der Waals surface area (Å²) in [6.07, 6.45) is -9.63. The lowest BCUT2D eigenvalue weighted by atomic mass is 10.0. The molecule has 0 bridgehead atoms. The summed E-state index contributed by atoms with van der Waals surface area (Å²) in [6, 6.07) is 1.28. The molecule has 0 spiro atoms. The zero-order chi connectivity index (χ0) is 12.6. The maximum absolute atomic E-state index is 12.3. The molecule has 1 aromatic carbocycles. The first-order chi connectivity index (χ1) is 7.14. The first kappa shape index (κ1) is 19.4. The van der Waals surface area contributed by atoms with Gasteiger partial charge in [-0.15, -0.1) is 12.4 Å². The zero-order valence-corrected chi connectivity index (χ0v) is 9.01. The molecular weight excluding hydrogens is 284 g/mol. The van der Waals surface area contributed by atoms with Gasteiger partial charge in [-0.1, -0.05) is 7.43 Å².